The topological polar surface area (TPSA) is 41.1 Å². The Morgan fingerprint density at radius 1 is 1.14 bits per heavy atom. The SMILES string of the molecule is Cc1c(F)cccc1CNC(=O)CC(C)(c1ccc(F)cc1)C1CCNCC1. The first-order chi connectivity index (χ1) is 13.4. The van der Waals surface area contributed by atoms with Crippen molar-refractivity contribution in [2.24, 2.45) is 5.92 Å². The van der Waals surface area contributed by atoms with Gasteiger partial charge in [0.05, 0.1) is 0 Å². The molecule has 28 heavy (non-hydrogen) atoms. The van der Waals surface area contributed by atoms with Gasteiger partial charge in [0.25, 0.3) is 0 Å². The molecule has 1 fully saturated rings. The second-order valence-corrected chi connectivity index (χ2v) is 7.93. The van der Waals surface area contributed by atoms with E-state index in [2.05, 4.69) is 17.6 Å². The number of hydrogen-bond donors (Lipinski definition) is 2. The van der Waals surface area contributed by atoms with Gasteiger partial charge in [0.2, 0.25) is 5.91 Å². The van der Waals surface area contributed by atoms with Gasteiger partial charge in [-0.1, -0.05) is 31.2 Å². The van der Waals surface area contributed by atoms with Crippen LogP contribution >= 0.6 is 0 Å². The molecule has 0 bridgehead atoms. The van der Waals surface area contributed by atoms with Crippen LogP contribution in [0.5, 0.6) is 0 Å². The van der Waals surface area contributed by atoms with E-state index >= 15 is 0 Å². The summed E-state index contributed by atoms with van der Waals surface area (Å²) in [7, 11) is 0. The molecule has 1 amide bonds. The summed E-state index contributed by atoms with van der Waals surface area (Å²) in [6.07, 6.45) is 2.27. The Morgan fingerprint density at radius 2 is 1.82 bits per heavy atom. The lowest BCUT2D eigenvalue weighted by Crippen LogP contribution is -2.43. The predicted octanol–water partition coefficient (Wildman–Crippen LogP) is 4.24. The van der Waals surface area contributed by atoms with Crippen molar-refractivity contribution < 1.29 is 13.6 Å². The Morgan fingerprint density at radius 3 is 2.50 bits per heavy atom. The lowest BCUT2D eigenvalue weighted by atomic mass is 9.66. The van der Waals surface area contributed by atoms with Crippen LogP contribution in [-0.4, -0.2) is 19.0 Å². The van der Waals surface area contributed by atoms with E-state index in [0.29, 0.717) is 24.4 Å². The molecule has 1 unspecified atom stereocenters. The third-order valence-corrected chi connectivity index (χ3v) is 6.13. The standard InChI is InChI=1S/C23H28F2N2O/c1-16-17(4-3-5-21(16)25)15-27-22(28)14-23(2,19-10-12-26-13-11-19)18-6-8-20(24)9-7-18/h3-9,19,26H,10-15H2,1-2H3,(H,27,28). The highest BCUT2D eigenvalue weighted by atomic mass is 19.1. The second-order valence-electron chi connectivity index (χ2n) is 7.93. The van der Waals surface area contributed by atoms with Gasteiger partial charge in [-0.05, 0) is 73.7 Å². The first-order valence-electron chi connectivity index (χ1n) is 9.87. The highest BCUT2D eigenvalue weighted by molar-refractivity contribution is 5.77. The molecule has 2 aromatic carbocycles. The average Bonchev–Trinajstić information content (AvgIpc) is 2.70. The minimum absolute atomic E-state index is 0.0750. The second kappa shape index (κ2) is 8.82. The number of hydrogen-bond acceptors (Lipinski definition) is 2. The van der Waals surface area contributed by atoms with Crippen molar-refractivity contribution in [1.29, 1.82) is 0 Å². The van der Waals surface area contributed by atoms with Gasteiger partial charge >= 0.3 is 0 Å². The van der Waals surface area contributed by atoms with Gasteiger partial charge in [-0.2, -0.15) is 0 Å². The molecule has 1 aliphatic rings. The minimum atomic E-state index is -0.378. The molecule has 1 aliphatic heterocycles. The molecule has 0 aromatic heterocycles. The molecule has 3 nitrogen and oxygen atoms in total. The molecule has 0 aliphatic carbocycles. The Balaban J connectivity index is 1.75. The predicted molar refractivity (Wildman–Crippen MR) is 107 cm³/mol. The van der Waals surface area contributed by atoms with Gasteiger partial charge in [0, 0.05) is 18.4 Å². The van der Waals surface area contributed by atoms with Gasteiger partial charge in [0.15, 0.2) is 0 Å². The lowest BCUT2D eigenvalue weighted by Gasteiger charge is -2.40. The number of nitrogens with one attached hydrogen (secondary N) is 2. The molecule has 2 N–H and O–H groups in total. The maximum atomic E-state index is 13.7. The van der Waals surface area contributed by atoms with E-state index in [0.717, 1.165) is 37.1 Å². The van der Waals surface area contributed by atoms with Gasteiger partial charge in [-0.25, -0.2) is 8.78 Å². The van der Waals surface area contributed by atoms with E-state index in [1.807, 2.05) is 6.07 Å². The van der Waals surface area contributed by atoms with Crippen molar-refractivity contribution >= 4 is 5.91 Å². The van der Waals surface area contributed by atoms with Crippen LogP contribution in [0.4, 0.5) is 8.78 Å². The summed E-state index contributed by atoms with van der Waals surface area (Å²) in [5.41, 5.74) is 1.94. The van der Waals surface area contributed by atoms with Crippen LogP contribution in [-0.2, 0) is 16.8 Å². The number of rotatable bonds is 6. The van der Waals surface area contributed by atoms with Crippen LogP contribution in [0.1, 0.15) is 42.9 Å². The number of halogens is 2. The van der Waals surface area contributed by atoms with Crippen LogP contribution in [0.2, 0.25) is 0 Å². The summed E-state index contributed by atoms with van der Waals surface area (Å²) in [6, 6.07) is 11.4. The van der Waals surface area contributed by atoms with Gasteiger partial charge < -0.3 is 10.6 Å². The summed E-state index contributed by atoms with van der Waals surface area (Å²) in [6.45, 7) is 5.96. The minimum Gasteiger partial charge on any atom is -0.352 e. The molecule has 0 radical (unpaired) electrons. The Kier molecular flexibility index (Phi) is 6.45. The highest BCUT2D eigenvalue weighted by Gasteiger charge is 2.38. The van der Waals surface area contributed by atoms with Crippen molar-refractivity contribution in [2.75, 3.05) is 13.1 Å². The summed E-state index contributed by atoms with van der Waals surface area (Å²) in [5.74, 6) is -0.282. The summed E-state index contributed by atoms with van der Waals surface area (Å²) in [5, 5.41) is 6.31. The zero-order valence-electron chi connectivity index (χ0n) is 16.5. The Labute approximate surface area is 165 Å². The molecular formula is C23H28F2N2O. The molecule has 1 atom stereocenters. The van der Waals surface area contributed by atoms with E-state index in [4.69, 9.17) is 0 Å². The largest absolute Gasteiger partial charge is 0.352 e. The van der Waals surface area contributed by atoms with Crippen molar-refractivity contribution in [3.63, 3.8) is 0 Å². The molecular weight excluding hydrogens is 358 g/mol. The molecule has 1 heterocycles. The first-order valence-corrected chi connectivity index (χ1v) is 9.87. The average molecular weight is 386 g/mol. The molecule has 2 aromatic rings. The fourth-order valence-electron chi connectivity index (χ4n) is 4.21. The molecule has 3 rings (SSSR count). The van der Waals surface area contributed by atoms with Gasteiger partial charge in [-0.15, -0.1) is 0 Å². The zero-order chi connectivity index (χ0) is 20.1. The van der Waals surface area contributed by atoms with Crippen LogP contribution in [0.15, 0.2) is 42.5 Å². The highest BCUT2D eigenvalue weighted by Crippen LogP contribution is 2.40. The number of amides is 1. The number of carbonyl (C=O) groups is 1. The van der Waals surface area contributed by atoms with Crippen LogP contribution in [0.25, 0.3) is 0 Å². The van der Waals surface area contributed by atoms with Gasteiger partial charge in [0.1, 0.15) is 11.6 Å². The Hall–Kier alpha value is -2.27. The van der Waals surface area contributed by atoms with Crippen molar-refractivity contribution in [3.05, 3.63) is 70.8 Å². The fourth-order valence-corrected chi connectivity index (χ4v) is 4.21. The number of benzene rings is 2. The normalized spacial score (nSPS) is 17.1. The monoisotopic (exact) mass is 386 g/mol. The maximum Gasteiger partial charge on any atom is 0.221 e. The van der Waals surface area contributed by atoms with Crippen LogP contribution in [0, 0.1) is 24.5 Å². The van der Waals surface area contributed by atoms with E-state index in [-0.39, 0.29) is 23.0 Å². The van der Waals surface area contributed by atoms with Crippen LogP contribution < -0.4 is 10.6 Å². The van der Waals surface area contributed by atoms with Crippen molar-refractivity contribution in [1.82, 2.24) is 10.6 Å². The maximum absolute atomic E-state index is 13.7. The third-order valence-electron chi connectivity index (χ3n) is 6.13. The van der Waals surface area contributed by atoms with Crippen LogP contribution in [0.3, 0.4) is 0 Å². The smallest absolute Gasteiger partial charge is 0.221 e. The summed E-state index contributed by atoms with van der Waals surface area (Å²) in [4.78, 5) is 12.8. The third kappa shape index (κ3) is 4.58. The number of carbonyl (C=O) groups excluding carboxylic acids is 1. The number of piperidine rings is 1. The molecule has 1 saturated heterocycles. The van der Waals surface area contributed by atoms with Gasteiger partial charge in [-0.3, -0.25) is 4.79 Å². The van der Waals surface area contributed by atoms with E-state index in [1.165, 1.54) is 18.2 Å². The van der Waals surface area contributed by atoms with E-state index in [9.17, 15) is 13.6 Å². The summed E-state index contributed by atoms with van der Waals surface area (Å²) >= 11 is 0. The van der Waals surface area contributed by atoms with Crippen molar-refractivity contribution in [3.8, 4) is 0 Å². The molecule has 0 spiro atoms. The summed E-state index contributed by atoms with van der Waals surface area (Å²) < 4.78 is 27.2. The van der Waals surface area contributed by atoms with Crippen molar-refractivity contribution in [2.45, 2.75) is 45.1 Å². The Bertz CT molecular complexity index is 816. The quantitative estimate of drug-likeness (QED) is 0.780. The van der Waals surface area contributed by atoms with E-state index < -0.39 is 0 Å². The molecule has 150 valence electrons. The first kappa shape index (κ1) is 20.5. The zero-order valence-corrected chi connectivity index (χ0v) is 16.5. The lowest BCUT2D eigenvalue weighted by molar-refractivity contribution is -0.123. The molecule has 0 saturated carbocycles. The molecule has 5 heteroatoms. The van der Waals surface area contributed by atoms with E-state index in [1.54, 1.807) is 25.1 Å². The fraction of sp³-hybridized carbons (Fsp3) is 0.435.